The monoisotopic (exact) mass is 1120 g/mol. The Labute approximate surface area is 464 Å². The quantitative estimate of drug-likeness (QED) is 0.0372. The minimum atomic E-state index is -4.28. The van der Waals surface area contributed by atoms with Crippen LogP contribution in [-0.4, -0.2) is 184 Å². The van der Waals surface area contributed by atoms with Crippen molar-refractivity contribution in [2.24, 2.45) is 35.5 Å². The number of quaternary nitrogens is 1. The SMILES string of the molecule is CO[C@H]1C[C@@H]2CC[C@@H](C)[C@@](O)(O2)C(=O)C(=O)N2CCCC[C@H]2C(=O)O[C@H]([C@H](C)C[C@@H]2CC[C@@H](OCCOP(=O)(O)OCC[N+](C)(C)C)[C@@H](OC)C2)CC(=O)[C@H](C)/C=C(\C)[C@@H](O)[C@H](OC)C(=O)[C@@H](C)C[C@@H](C)/C=C/C=C/C=C/1C. The van der Waals surface area contributed by atoms with Crippen LogP contribution in [0.25, 0.3) is 0 Å². The zero-order chi connectivity index (χ0) is 58.1. The molecule has 4 aliphatic rings. The van der Waals surface area contributed by atoms with Gasteiger partial charge in [-0.2, -0.15) is 0 Å². The number of allylic oxidation sites excluding steroid dienone is 6. The Kier molecular flexibility index (Phi) is 26.9. The number of nitrogens with zero attached hydrogens (tertiary/aromatic N) is 2. The Morgan fingerprint density at radius 1 is 0.833 bits per heavy atom. The average Bonchev–Trinajstić information content (AvgIpc) is 3.38. The number of aliphatic hydroxyl groups is 2. The molecule has 1 amide bonds. The lowest BCUT2D eigenvalue weighted by atomic mass is 9.78. The lowest BCUT2D eigenvalue weighted by Gasteiger charge is -2.42. The highest BCUT2D eigenvalue weighted by molar-refractivity contribution is 7.47. The number of rotatable bonds is 15. The Balaban J connectivity index is 1.62. The number of ether oxygens (including phenoxy) is 6. The lowest BCUT2D eigenvalue weighted by molar-refractivity contribution is -0.870. The topological polar surface area (TPSA) is 240 Å². The number of hydrogen-bond acceptors (Lipinski definition) is 16. The van der Waals surface area contributed by atoms with E-state index in [0.29, 0.717) is 80.8 Å². The smallest absolute Gasteiger partial charge is 0.460 e. The van der Waals surface area contributed by atoms with E-state index in [1.807, 2.05) is 72.3 Å². The molecular weight excluding hydrogens is 1030 g/mol. The van der Waals surface area contributed by atoms with Crippen molar-refractivity contribution in [1.82, 2.24) is 4.90 Å². The van der Waals surface area contributed by atoms with Crippen LogP contribution < -0.4 is 0 Å². The molecule has 16 atom stereocenters. The lowest BCUT2D eigenvalue weighted by Crippen LogP contribution is -2.61. The van der Waals surface area contributed by atoms with Gasteiger partial charge in [0.15, 0.2) is 5.78 Å². The normalized spacial score (nSPS) is 36.7. The summed E-state index contributed by atoms with van der Waals surface area (Å²) >= 11 is 0. The van der Waals surface area contributed by atoms with Crippen molar-refractivity contribution in [3.8, 4) is 0 Å². The number of amides is 1. The molecule has 1 unspecified atom stereocenters. The van der Waals surface area contributed by atoms with Gasteiger partial charge in [0.1, 0.15) is 43.3 Å². The van der Waals surface area contributed by atoms with Gasteiger partial charge >= 0.3 is 13.8 Å². The molecule has 78 heavy (non-hydrogen) atoms. The Hall–Kier alpha value is -3.30. The molecule has 3 fully saturated rings. The van der Waals surface area contributed by atoms with Crippen molar-refractivity contribution in [2.45, 2.75) is 180 Å². The molecule has 2 bridgehead atoms. The third-order valence-electron chi connectivity index (χ3n) is 16.1. The van der Waals surface area contributed by atoms with Gasteiger partial charge in [0.05, 0.1) is 58.8 Å². The van der Waals surface area contributed by atoms with E-state index in [0.717, 1.165) is 5.57 Å². The van der Waals surface area contributed by atoms with E-state index in [1.165, 1.54) is 12.0 Å². The second-order valence-corrected chi connectivity index (χ2v) is 25.0. The molecule has 444 valence electrons. The van der Waals surface area contributed by atoms with E-state index in [4.69, 9.17) is 37.5 Å². The third kappa shape index (κ3) is 20.0. The number of phosphoric acid groups is 1. The largest absolute Gasteiger partial charge is 0.472 e. The number of Topliss-reactive ketones (excluding diaryl/α,β-unsaturated/α-hetero) is 3. The molecule has 3 heterocycles. The molecule has 2 saturated heterocycles. The zero-order valence-electron chi connectivity index (χ0n) is 49.0. The van der Waals surface area contributed by atoms with Gasteiger partial charge in [0, 0.05) is 58.5 Å². The first-order valence-electron chi connectivity index (χ1n) is 28.2. The highest BCUT2D eigenvalue weighted by atomic mass is 31.2. The fraction of sp³-hybridized carbons (Fsp3) is 0.776. The van der Waals surface area contributed by atoms with Crippen LogP contribution in [-0.2, 0) is 66.0 Å². The average molecular weight is 1120 g/mol. The number of fused-ring (bicyclic) bond motifs is 3. The van der Waals surface area contributed by atoms with Gasteiger partial charge in [-0.15, -0.1) is 0 Å². The predicted octanol–water partition coefficient (Wildman–Crippen LogP) is 7.04. The van der Waals surface area contributed by atoms with E-state index in [9.17, 15) is 43.6 Å². The molecule has 20 heteroatoms. The first kappa shape index (κ1) is 67.2. The van der Waals surface area contributed by atoms with Crippen molar-refractivity contribution >= 4 is 37.0 Å². The number of likely N-dealkylation sites (N-methyl/N-ethyl adjacent to an activating group) is 1. The molecule has 1 aliphatic carbocycles. The van der Waals surface area contributed by atoms with Crippen LogP contribution >= 0.6 is 7.82 Å². The summed E-state index contributed by atoms with van der Waals surface area (Å²) in [5.74, 6) is -8.39. The maximum absolute atomic E-state index is 14.6. The molecule has 0 radical (unpaired) electrons. The van der Waals surface area contributed by atoms with Crippen molar-refractivity contribution in [2.75, 3.05) is 75.4 Å². The predicted molar refractivity (Wildman–Crippen MR) is 293 cm³/mol. The van der Waals surface area contributed by atoms with Crippen LogP contribution in [0.1, 0.15) is 126 Å². The van der Waals surface area contributed by atoms with Gasteiger partial charge < -0.3 is 52.9 Å². The summed E-state index contributed by atoms with van der Waals surface area (Å²) in [6.45, 7) is 13.1. The van der Waals surface area contributed by atoms with Crippen LogP contribution in [0.2, 0.25) is 0 Å². The summed E-state index contributed by atoms with van der Waals surface area (Å²) in [6, 6.07) is -1.19. The molecule has 3 N–H and O–H groups in total. The number of ketones is 3. The zero-order valence-corrected chi connectivity index (χ0v) is 49.9. The number of carbonyl (C=O) groups is 5. The number of phosphoric ester groups is 1. The number of carbonyl (C=O) groups excluding carboxylic acids is 5. The minimum absolute atomic E-state index is 0.00303. The number of hydrogen-bond donors (Lipinski definition) is 3. The highest BCUT2D eigenvalue weighted by Crippen LogP contribution is 2.43. The van der Waals surface area contributed by atoms with Crippen LogP contribution in [0, 0.1) is 35.5 Å². The minimum Gasteiger partial charge on any atom is -0.460 e. The van der Waals surface area contributed by atoms with Gasteiger partial charge in [0.2, 0.25) is 5.79 Å². The van der Waals surface area contributed by atoms with Crippen molar-refractivity contribution in [3.05, 3.63) is 47.6 Å². The Bertz CT molecular complexity index is 2160. The third-order valence-corrected chi connectivity index (χ3v) is 17.2. The fourth-order valence-electron chi connectivity index (χ4n) is 11.1. The summed E-state index contributed by atoms with van der Waals surface area (Å²) in [5.41, 5.74) is 1.23. The Morgan fingerprint density at radius 3 is 2.21 bits per heavy atom. The first-order chi connectivity index (χ1) is 36.6. The highest BCUT2D eigenvalue weighted by Gasteiger charge is 2.53. The van der Waals surface area contributed by atoms with Gasteiger partial charge in [-0.05, 0) is 107 Å². The molecular formula is C58H96N2O17P+. The fourth-order valence-corrected chi connectivity index (χ4v) is 11.8. The number of methoxy groups -OCH3 is 3. The maximum Gasteiger partial charge on any atom is 0.472 e. The summed E-state index contributed by atoms with van der Waals surface area (Å²) < 4.78 is 59.2. The van der Waals surface area contributed by atoms with Crippen molar-refractivity contribution < 1.29 is 85.6 Å². The van der Waals surface area contributed by atoms with E-state index in [-0.39, 0.29) is 74.8 Å². The van der Waals surface area contributed by atoms with Gasteiger partial charge in [-0.1, -0.05) is 71.1 Å². The second-order valence-electron chi connectivity index (χ2n) is 23.6. The van der Waals surface area contributed by atoms with E-state index in [2.05, 4.69) is 0 Å². The van der Waals surface area contributed by atoms with E-state index >= 15 is 0 Å². The first-order valence-corrected chi connectivity index (χ1v) is 29.7. The molecule has 1 saturated carbocycles. The molecule has 3 aliphatic heterocycles. The molecule has 0 aromatic rings. The number of piperidine rings is 1. The molecule has 0 spiro atoms. The van der Waals surface area contributed by atoms with Crippen LogP contribution in [0.3, 0.4) is 0 Å². The van der Waals surface area contributed by atoms with Gasteiger partial charge in [-0.3, -0.25) is 28.2 Å². The van der Waals surface area contributed by atoms with Crippen LogP contribution in [0.15, 0.2) is 47.6 Å². The second kappa shape index (κ2) is 31.2. The van der Waals surface area contributed by atoms with E-state index in [1.54, 1.807) is 48.0 Å². The summed E-state index contributed by atoms with van der Waals surface area (Å²) in [6.07, 6.45) is 10.9. The van der Waals surface area contributed by atoms with Crippen molar-refractivity contribution in [1.29, 1.82) is 0 Å². The van der Waals surface area contributed by atoms with E-state index < -0.39 is 91.5 Å². The number of aliphatic hydroxyl groups excluding tert-OH is 1. The number of esters is 1. The molecule has 0 aromatic carbocycles. The Morgan fingerprint density at radius 2 is 1.54 bits per heavy atom. The number of cyclic esters (lactones) is 1. The maximum atomic E-state index is 14.6. The summed E-state index contributed by atoms with van der Waals surface area (Å²) in [4.78, 5) is 82.8. The van der Waals surface area contributed by atoms with Crippen molar-refractivity contribution in [3.63, 3.8) is 0 Å². The molecule has 4 rings (SSSR count). The molecule has 19 nitrogen and oxygen atoms in total. The summed E-state index contributed by atoms with van der Waals surface area (Å²) in [7, 11) is 6.07. The van der Waals surface area contributed by atoms with Crippen LogP contribution in [0.5, 0.6) is 0 Å². The van der Waals surface area contributed by atoms with Gasteiger partial charge in [0.25, 0.3) is 11.7 Å². The van der Waals surface area contributed by atoms with Crippen LogP contribution in [0.4, 0.5) is 0 Å². The summed E-state index contributed by atoms with van der Waals surface area (Å²) in [5, 5.41) is 23.6. The standard InChI is InChI=1S/C58H95N2O17P/c1-37-19-15-14-16-20-38(2)49(70-11)35-45-24-22-43(7)58(67,77-45)55(64)56(65)59-26-18-17-21-46(59)57(66)76-50(36-47(61)39(3)32-42(6)53(63)54(72-13)52(62)41(5)31-37)40(4)33-44-23-25-48(51(34-44)71-12)73-29-30-75-78(68,69)74-28-27-60(8,9)10/h14-16,19-20,32,37,39-41,43-46,48-51,53-54,63,67H,17-18,21-31,33-36H2,1-13H3/p+1/b16-14+,19-15+,38-20+,42-32+/t37-,39+,40+,41-,43+,44-,45-,46-,48+,49-,50-,51-,53+,54+,58+/m0/s1. The van der Waals surface area contributed by atoms with Gasteiger partial charge in [-0.25, -0.2) is 9.36 Å². The molecule has 0 aromatic heterocycles.